The quantitative estimate of drug-likeness (QED) is 0.169. The van der Waals surface area contributed by atoms with Gasteiger partial charge in [0.15, 0.2) is 6.10 Å². The van der Waals surface area contributed by atoms with Crippen LogP contribution in [0.25, 0.3) is 0 Å². The van der Waals surface area contributed by atoms with Crippen LogP contribution < -0.4 is 10.6 Å². The van der Waals surface area contributed by atoms with E-state index >= 15 is 0 Å². The minimum Gasteiger partial charge on any atom is -0.460 e. The number of benzene rings is 1. The number of carbonyl (C=O) groups excluding carboxylic acids is 7. The van der Waals surface area contributed by atoms with Crippen molar-refractivity contribution in [1.29, 1.82) is 0 Å². The number of aliphatic hydroxyl groups excluding tert-OH is 1. The number of terminal acetylenes is 1. The molecule has 0 radical (unpaired) electrons. The molecule has 0 spiro atoms. The summed E-state index contributed by atoms with van der Waals surface area (Å²) in [6, 6.07) is 4.55. The Labute approximate surface area is 362 Å². The van der Waals surface area contributed by atoms with Gasteiger partial charge in [-0.1, -0.05) is 77.4 Å². The molecule has 0 aliphatic carbocycles. The first-order valence-corrected chi connectivity index (χ1v) is 21.3. The summed E-state index contributed by atoms with van der Waals surface area (Å²) >= 11 is 0. The Morgan fingerprint density at radius 1 is 0.902 bits per heavy atom. The van der Waals surface area contributed by atoms with Gasteiger partial charge < -0.3 is 39.9 Å². The zero-order valence-electron chi connectivity index (χ0n) is 37.9. The molecule has 0 fully saturated rings. The number of nitrogens with zero attached hydrogens (tertiary/aromatic N) is 3. The van der Waals surface area contributed by atoms with Crippen LogP contribution in [-0.4, -0.2) is 131 Å². The van der Waals surface area contributed by atoms with Crippen molar-refractivity contribution in [2.75, 3.05) is 27.7 Å². The highest BCUT2D eigenvalue weighted by Crippen LogP contribution is 2.23. The summed E-state index contributed by atoms with van der Waals surface area (Å²) in [6.45, 7) is 13.0. The number of esters is 2. The van der Waals surface area contributed by atoms with E-state index in [2.05, 4.69) is 16.6 Å². The van der Waals surface area contributed by atoms with Crippen molar-refractivity contribution in [2.45, 2.75) is 143 Å². The number of ether oxygens (including phenoxy) is 2. The Bertz CT molecular complexity index is 1740. The van der Waals surface area contributed by atoms with Crippen LogP contribution in [0.1, 0.15) is 99.5 Å². The second-order valence-corrected chi connectivity index (χ2v) is 16.8. The lowest BCUT2D eigenvalue weighted by atomic mass is 9.91. The van der Waals surface area contributed by atoms with Crippen LogP contribution >= 0.6 is 0 Å². The normalized spacial score (nSPS) is 26.2. The molecule has 0 bridgehead atoms. The number of hydrogen-bond acceptors (Lipinski definition) is 10. The maximum atomic E-state index is 14.2. The largest absolute Gasteiger partial charge is 0.460 e. The van der Waals surface area contributed by atoms with Gasteiger partial charge in [0.2, 0.25) is 23.6 Å². The first kappa shape index (κ1) is 51.9. The Morgan fingerprint density at radius 3 is 2.13 bits per heavy atom. The van der Waals surface area contributed by atoms with E-state index in [1.807, 2.05) is 26.8 Å². The lowest BCUT2D eigenvalue weighted by Gasteiger charge is -2.34. The van der Waals surface area contributed by atoms with Gasteiger partial charge >= 0.3 is 11.9 Å². The smallest absolute Gasteiger partial charge is 0.334 e. The molecule has 15 heteroatoms. The van der Waals surface area contributed by atoms with E-state index in [0.717, 1.165) is 5.56 Å². The highest BCUT2D eigenvalue weighted by molar-refractivity contribution is 5.96. The van der Waals surface area contributed by atoms with Crippen molar-refractivity contribution in [1.82, 2.24) is 25.3 Å². The van der Waals surface area contributed by atoms with Crippen LogP contribution in [0.4, 0.5) is 0 Å². The van der Waals surface area contributed by atoms with E-state index in [1.165, 1.54) is 62.7 Å². The van der Waals surface area contributed by atoms with Gasteiger partial charge in [-0.15, -0.1) is 12.3 Å². The van der Waals surface area contributed by atoms with E-state index in [1.54, 1.807) is 38.1 Å². The van der Waals surface area contributed by atoms with Gasteiger partial charge in [-0.05, 0) is 57.4 Å². The summed E-state index contributed by atoms with van der Waals surface area (Å²) in [5.41, 5.74) is 0.847. The van der Waals surface area contributed by atoms with E-state index in [-0.39, 0.29) is 36.7 Å². The molecule has 5 amide bonds. The Hall–Kier alpha value is -5.23. The van der Waals surface area contributed by atoms with Crippen molar-refractivity contribution in [3.05, 3.63) is 47.5 Å². The molecule has 1 aromatic rings. The maximum absolute atomic E-state index is 14.2. The zero-order chi connectivity index (χ0) is 46.1. The number of rotatable bonds is 11. The number of hydrogen-bond donors (Lipinski definition) is 3. The molecule has 9 atom stereocenters. The lowest BCUT2D eigenvalue weighted by Crippen LogP contribution is -2.58. The van der Waals surface area contributed by atoms with Crippen molar-refractivity contribution in [3.63, 3.8) is 0 Å². The highest BCUT2D eigenvalue weighted by Gasteiger charge is 2.38. The zero-order valence-corrected chi connectivity index (χ0v) is 37.9. The third-order valence-electron chi connectivity index (χ3n) is 11.4. The molecule has 61 heavy (non-hydrogen) atoms. The molecule has 3 N–H and O–H groups in total. The summed E-state index contributed by atoms with van der Waals surface area (Å²) in [5.74, 6) is -3.25. The van der Waals surface area contributed by atoms with E-state index < -0.39 is 96.4 Å². The molecule has 2 rings (SSSR count). The fraction of sp³-hybridized carbons (Fsp3) is 0.630. The number of aliphatic hydroxyl groups is 1. The molecule has 1 heterocycles. The van der Waals surface area contributed by atoms with Crippen LogP contribution in [0.15, 0.2) is 42.0 Å². The van der Waals surface area contributed by atoms with Gasteiger partial charge in [-0.25, -0.2) is 9.59 Å². The maximum Gasteiger partial charge on any atom is 0.334 e. The number of nitrogens with one attached hydrogen (secondary N) is 2. The Morgan fingerprint density at radius 2 is 1.54 bits per heavy atom. The summed E-state index contributed by atoms with van der Waals surface area (Å²) in [6.07, 6.45) is 5.71. The van der Waals surface area contributed by atoms with Gasteiger partial charge in [-0.3, -0.25) is 24.0 Å². The predicted molar refractivity (Wildman–Crippen MR) is 231 cm³/mol. The summed E-state index contributed by atoms with van der Waals surface area (Å²) in [7, 11) is 4.29. The average Bonchev–Trinajstić information content (AvgIpc) is 3.23. The van der Waals surface area contributed by atoms with Crippen molar-refractivity contribution < 1.29 is 48.1 Å². The van der Waals surface area contributed by atoms with Gasteiger partial charge in [0.05, 0.1) is 12.6 Å². The second kappa shape index (κ2) is 24.9. The topological polar surface area (TPSA) is 192 Å². The van der Waals surface area contributed by atoms with Gasteiger partial charge in [0.25, 0.3) is 5.91 Å². The average molecular weight is 852 g/mol. The molecule has 338 valence electrons. The van der Waals surface area contributed by atoms with Crippen LogP contribution in [-0.2, 0) is 49.5 Å². The number of unbranched alkanes of at least 4 members (excludes halogenated alkanes) is 1. The molecule has 0 unspecified atom stereocenters. The van der Waals surface area contributed by atoms with Gasteiger partial charge in [0, 0.05) is 51.9 Å². The SMILES string of the molecule is C#CCCC[C@@H](O)[C@@H](C)[C@@H]1C/C=C(\C)C(=O)O[C@H](CC(C)C)C(=O)N[C@@H](C)C(=O)N(C)[C@@H](Cc2ccccc2)C(=O)N(C)CC(=O)N[C@@H]([C@H](C)CC)C(=O)N(C)[C@@H](C)C(=O)O1. The first-order valence-electron chi connectivity index (χ1n) is 21.3. The molecule has 0 aromatic heterocycles. The molecular weight excluding hydrogens is 783 g/mol. The summed E-state index contributed by atoms with van der Waals surface area (Å²) in [4.78, 5) is 100. The lowest BCUT2D eigenvalue weighted by molar-refractivity contribution is -0.162. The van der Waals surface area contributed by atoms with E-state index in [4.69, 9.17) is 15.9 Å². The van der Waals surface area contributed by atoms with Crippen molar-refractivity contribution >= 4 is 41.5 Å². The third-order valence-corrected chi connectivity index (χ3v) is 11.4. The molecule has 15 nitrogen and oxygen atoms in total. The molecule has 1 aromatic carbocycles. The fourth-order valence-corrected chi connectivity index (χ4v) is 6.85. The first-order chi connectivity index (χ1) is 28.6. The van der Waals surface area contributed by atoms with E-state index in [9.17, 15) is 38.7 Å². The van der Waals surface area contributed by atoms with Crippen LogP contribution in [0.3, 0.4) is 0 Å². The van der Waals surface area contributed by atoms with Gasteiger partial charge in [0.1, 0.15) is 30.3 Å². The number of amides is 5. The van der Waals surface area contributed by atoms with Crippen LogP contribution in [0, 0.1) is 30.1 Å². The monoisotopic (exact) mass is 852 g/mol. The molecule has 1 aliphatic heterocycles. The Balaban J connectivity index is 2.67. The van der Waals surface area contributed by atoms with Gasteiger partial charge in [-0.2, -0.15) is 0 Å². The van der Waals surface area contributed by atoms with Crippen LogP contribution in [0.2, 0.25) is 0 Å². The molecule has 0 saturated heterocycles. The predicted octanol–water partition coefficient (Wildman–Crippen LogP) is 3.42. The molecular formula is C46H69N5O10. The third kappa shape index (κ3) is 15.6. The highest BCUT2D eigenvalue weighted by atomic mass is 16.6. The number of cyclic esters (lactones) is 2. The molecule has 0 saturated carbocycles. The number of carbonyl (C=O) groups is 7. The fourth-order valence-electron chi connectivity index (χ4n) is 6.85. The van der Waals surface area contributed by atoms with Crippen molar-refractivity contribution in [2.24, 2.45) is 17.8 Å². The van der Waals surface area contributed by atoms with E-state index in [0.29, 0.717) is 25.7 Å². The number of likely N-dealkylation sites (N-methyl/N-ethyl adjacent to an activating group) is 3. The minimum absolute atomic E-state index is 0.0225. The summed E-state index contributed by atoms with van der Waals surface area (Å²) < 4.78 is 11.7. The van der Waals surface area contributed by atoms with Crippen molar-refractivity contribution in [3.8, 4) is 12.3 Å². The standard InChI is InChI=1S/C46H69N5O10/c1-13-15-17-22-36(52)31(7)37-24-23-30(6)45(58)61-38(25-28(3)4)41(54)47-32(8)42(55)51(12)35(26-34-20-18-16-19-21-34)43(56)49(10)27-39(53)48-40(29(5)14-2)44(57)50(11)33(9)46(59)60-37/h1,16,18-21,23,28-29,31-33,35-38,40,52H,14-15,17,22,24-27H2,2-12H3,(H,47,54)(H,48,53)/b30-23+/t29-,31-,32+,33+,35+,36-,37+,38-,40+/m1/s1. The second-order valence-electron chi connectivity index (χ2n) is 16.8. The van der Waals surface area contributed by atoms with Crippen LogP contribution in [0.5, 0.6) is 0 Å². The Kier molecular flexibility index (Phi) is 21.2. The summed E-state index contributed by atoms with van der Waals surface area (Å²) in [5, 5.41) is 16.5. The molecule has 1 aliphatic rings. The minimum atomic E-state index is -1.29.